The van der Waals surface area contributed by atoms with Gasteiger partial charge in [0.1, 0.15) is 0 Å². The van der Waals surface area contributed by atoms with Crippen LogP contribution in [0.25, 0.3) is 0 Å². The zero-order valence-electron chi connectivity index (χ0n) is 49.3. The molecule has 2 unspecified atom stereocenters. The smallest absolute Gasteiger partial charge is 0.220 e. The first kappa shape index (κ1) is 70.4. The Morgan fingerprint density at radius 1 is 0.282 bits per heavy atom. The van der Waals surface area contributed by atoms with Gasteiger partial charge in [-0.25, -0.2) is 0 Å². The van der Waals surface area contributed by atoms with Crippen LogP contribution in [0.2, 0.25) is 0 Å². The maximum atomic E-state index is 12.5. The van der Waals surface area contributed by atoms with Gasteiger partial charge in [-0.3, -0.25) is 4.79 Å². The van der Waals surface area contributed by atoms with Crippen molar-refractivity contribution in [3.05, 3.63) is 0 Å². The van der Waals surface area contributed by atoms with Crippen molar-refractivity contribution in [2.45, 2.75) is 418 Å². The summed E-state index contributed by atoms with van der Waals surface area (Å²) in [6.45, 7) is 4.42. The van der Waals surface area contributed by atoms with Crippen molar-refractivity contribution in [3.8, 4) is 0 Å². The molecule has 0 aliphatic rings. The molecule has 71 heavy (non-hydrogen) atoms. The number of nitrogens with one attached hydrogen (secondary N) is 1. The number of aliphatic hydroxyl groups is 2. The number of rotatable bonds is 64. The molecule has 0 aromatic heterocycles. The first-order chi connectivity index (χ1) is 35.2. The number of amides is 1. The molecule has 0 spiro atoms. The van der Waals surface area contributed by atoms with E-state index in [2.05, 4.69) is 19.2 Å². The van der Waals surface area contributed by atoms with Crippen molar-refractivity contribution in [2.75, 3.05) is 6.61 Å². The van der Waals surface area contributed by atoms with Crippen LogP contribution >= 0.6 is 0 Å². The molecule has 0 bridgehead atoms. The minimum atomic E-state index is -0.656. The molecule has 0 fully saturated rings. The SMILES string of the molecule is CCCCCCCCCCCCCCCCCCCCCCCCCCCCCCCCCCCC(O)C(CO)NC(=O)CCCCCCCCCCCCCCCCCCCCCCCCCCCC. The lowest BCUT2D eigenvalue weighted by atomic mass is 10.0. The van der Waals surface area contributed by atoms with E-state index < -0.39 is 12.1 Å². The Balaban J connectivity index is 3.36. The van der Waals surface area contributed by atoms with Crippen LogP contribution in [0.3, 0.4) is 0 Å². The van der Waals surface area contributed by atoms with Crippen molar-refractivity contribution >= 4 is 5.91 Å². The predicted molar refractivity (Wildman–Crippen MR) is 318 cm³/mol. The normalized spacial score (nSPS) is 12.6. The second kappa shape index (κ2) is 63.7. The number of hydrogen-bond acceptors (Lipinski definition) is 3. The van der Waals surface area contributed by atoms with Crippen molar-refractivity contribution in [2.24, 2.45) is 0 Å². The molecule has 0 heterocycles. The second-order valence-electron chi connectivity index (χ2n) is 23.6. The van der Waals surface area contributed by atoms with Gasteiger partial charge in [0.05, 0.1) is 18.8 Å². The Hall–Kier alpha value is -0.610. The molecule has 0 saturated heterocycles. The van der Waals surface area contributed by atoms with Crippen molar-refractivity contribution < 1.29 is 15.0 Å². The van der Waals surface area contributed by atoms with Crippen molar-refractivity contribution in [3.63, 3.8) is 0 Å². The van der Waals surface area contributed by atoms with Crippen LogP contribution < -0.4 is 5.32 Å². The summed E-state index contributed by atoms with van der Waals surface area (Å²) in [7, 11) is 0. The van der Waals surface area contributed by atoms with Gasteiger partial charge in [-0.05, 0) is 12.8 Å². The minimum absolute atomic E-state index is 0.0198. The fourth-order valence-electron chi connectivity index (χ4n) is 11.3. The van der Waals surface area contributed by atoms with E-state index in [1.165, 1.54) is 353 Å². The van der Waals surface area contributed by atoms with Gasteiger partial charge >= 0.3 is 0 Å². The van der Waals surface area contributed by atoms with Crippen LogP contribution in [0.15, 0.2) is 0 Å². The standard InChI is InChI=1S/C67H135NO3/c1-3-5-7-9-11-13-15-17-19-21-23-25-27-29-31-32-33-34-35-36-37-38-40-42-44-46-48-50-52-54-56-58-60-62-66(70)65(64-69)68-67(71)63-61-59-57-55-53-51-49-47-45-43-41-39-30-28-26-24-22-20-18-16-14-12-10-8-6-4-2/h65-66,69-70H,3-64H2,1-2H3,(H,68,71). The van der Waals surface area contributed by atoms with E-state index in [9.17, 15) is 15.0 Å². The van der Waals surface area contributed by atoms with Gasteiger partial charge in [-0.2, -0.15) is 0 Å². The number of hydrogen-bond donors (Lipinski definition) is 3. The lowest BCUT2D eigenvalue weighted by Crippen LogP contribution is -2.45. The van der Waals surface area contributed by atoms with Gasteiger partial charge in [0.2, 0.25) is 5.91 Å². The highest BCUT2D eigenvalue weighted by molar-refractivity contribution is 5.76. The third-order valence-electron chi connectivity index (χ3n) is 16.4. The molecule has 1 amide bonds. The number of carbonyl (C=O) groups is 1. The van der Waals surface area contributed by atoms with E-state index in [0.29, 0.717) is 12.8 Å². The Morgan fingerprint density at radius 3 is 0.634 bits per heavy atom. The number of unbranched alkanes of at least 4 members (excludes halogenated alkanes) is 57. The zero-order chi connectivity index (χ0) is 51.3. The second-order valence-corrected chi connectivity index (χ2v) is 23.6. The molecule has 2 atom stereocenters. The lowest BCUT2D eigenvalue weighted by molar-refractivity contribution is -0.123. The summed E-state index contributed by atoms with van der Waals surface area (Å²) in [5.74, 6) is -0.0198. The third-order valence-corrected chi connectivity index (χ3v) is 16.4. The van der Waals surface area contributed by atoms with Gasteiger partial charge in [-0.1, -0.05) is 386 Å². The highest BCUT2D eigenvalue weighted by Gasteiger charge is 2.20. The van der Waals surface area contributed by atoms with E-state index >= 15 is 0 Å². The summed E-state index contributed by atoms with van der Waals surface area (Å²) in [6, 6.07) is -0.533. The molecule has 0 aromatic carbocycles. The van der Waals surface area contributed by atoms with Crippen LogP contribution in [0.4, 0.5) is 0 Å². The number of carbonyl (C=O) groups excluding carboxylic acids is 1. The molecule has 0 aliphatic heterocycles. The molecule has 426 valence electrons. The van der Waals surface area contributed by atoms with E-state index in [1.807, 2.05) is 0 Å². The molecule has 4 nitrogen and oxygen atoms in total. The minimum Gasteiger partial charge on any atom is -0.394 e. The van der Waals surface area contributed by atoms with Gasteiger partial charge in [0.25, 0.3) is 0 Å². The predicted octanol–water partition coefficient (Wildman–Crippen LogP) is 22.7. The summed E-state index contributed by atoms with van der Waals surface area (Å²) in [5.41, 5.74) is 0. The maximum absolute atomic E-state index is 12.5. The summed E-state index contributed by atoms with van der Waals surface area (Å²) < 4.78 is 0. The maximum Gasteiger partial charge on any atom is 0.220 e. The van der Waals surface area contributed by atoms with Gasteiger partial charge in [0.15, 0.2) is 0 Å². The molecule has 0 rings (SSSR count). The van der Waals surface area contributed by atoms with Crippen LogP contribution in [-0.4, -0.2) is 34.9 Å². The molecular formula is C67H135NO3. The van der Waals surface area contributed by atoms with Crippen LogP contribution in [-0.2, 0) is 4.79 Å². The molecule has 3 N–H and O–H groups in total. The van der Waals surface area contributed by atoms with E-state index in [4.69, 9.17) is 0 Å². The Morgan fingerprint density at radius 2 is 0.451 bits per heavy atom. The average Bonchev–Trinajstić information content (AvgIpc) is 3.37. The third kappa shape index (κ3) is 60.1. The fraction of sp³-hybridized carbons (Fsp3) is 0.985. The molecule has 0 aromatic rings. The van der Waals surface area contributed by atoms with Crippen LogP contribution in [0, 0.1) is 0 Å². The van der Waals surface area contributed by atoms with Crippen molar-refractivity contribution in [1.82, 2.24) is 5.32 Å². The summed E-state index contributed by atoms with van der Waals surface area (Å²) in [4.78, 5) is 12.5. The summed E-state index contributed by atoms with van der Waals surface area (Å²) in [6.07, 6.45) is 83.0. The van der Waals surface area contributed by atoms with E-state index in [0.717, 1.165) is 25.7 Å². The van der Waals surface area contributed by atoms with E-state index in [-0.39, 0.29) is 12.5 Å². The highest BCUT2D eigenvalue weighted by Crippen LogP contribution is 2.20. The van der Waals surface area contributed by atoms with Gasteiger partial charge in [-0.15, -0.1) is 0 Å². The van der Waals surface area contributed by atoms with Gasteiger partial charge < -0.3 is 15.5 Å². The molecule has 0 aliphatic carbocycles. The van der Waals surface area contributed by atoms with Crippen LogP contribution in [0.5, 0.6) is 0 Å². The van der Waals surface area contributed by atoms with Crippen LogP contribution in [0.1, 0.15) is 406 Å². The zero-order valence-corrected chi connectivity index (χ0v) is 49.3. The topological polar surface area (TPSA) is 69.6 Å². The van der Waals surface area contributed by atoms with Crippen molar-refractivity contribution in [1.29, 1.82) is 0 Å². The molecule has 4 heteroatoms. The number of aliphatic hydroxyl groups excluding tert-OH is 2. The first-order valence-electron chi connectivity index (χ1n) is 33.7. The Labute approximate surface area is 448 Å². The largest absolute Gasteiger partial charge is 0.394 e. The molecular weight excluding hydrogens is 867 g/mol. The Kier molecular flexibility index (Phi) is 63.1. The fourth-order valence-corrected chi connectivity index (χ4v) is 11.3. The quantitative estimate of drug-likeness (QED) is 0.0532. The lowest BCUT2D eigenvalue weighted by Gasteiger charge is -2.22. The van der Waals surface area contributed by atoms with Gasteiger partial charge in [0, 0.05) is 6.42 Å². The Bertz CT molecular complexity index is 956. The average molecular weight is 1000 g/mol. The summed E-state index contributed by atoms with van der Waals surface area (Å²) >= 11 is 0. The highest BCUT2D eigenvalue weighted by atomic mass is 16.3. The molecule has 0 radical (unpaired) electrons. The molecule has 0 saturated carbocycles. The first-order valence-corrected chi connectivity index (χ1v) is 33.7. The van der Waals surface area contributed by atoms with E-state index in [1.54, 1.807) is 0 Å². The monoisotopic (exact) mass is 1000 g/mol. The summed E-state index contributed by atoms with van der Waals surface area (Å²) in [5, 5.41) is 23.5.